The summed E-state index contributed by atoms with van der Waals surface area (Å²) < 4.78 is 187. The zero-order valence-electron chi connectivity index (χ0n) is 17.3. The standard InChI is InChI=1S/C8HF15O2.C4H6O2.C3H8O2/c9-2(10,1(24)25)3(11,12)4(13,14)5(15,16)6(17,18)7(19,20)8(21,22)23;1-3(2)4(5)6;1-3(5)2-4/h(H,24,25);1H2,2H3,(H,5,6);3-5H,2H2,1H3. The summed E-state index contributed by atoms with van der Waals surface area (Å²) in [6, 6.07) is 0. The minimum absolute atomic E-state index is 0.139. The Labute approximate surface area is 189 Å². The molecule has 0 bridgehead atoms. The Bertz CT molecular complexity index is 762. The van der Waals surface area contributed by atoms with E-state index in [1.807, 2.05) is 0 Å². The SMILES string of the molecule is C=C(C)C(=O)O.CC(O)CO.O=C(O)C(F)(F)C(F)(F)C(F)(F)C(F)(F)C(F)(F)C(F)(F)C(F)(F)F. The predicted molar refractivity (Wildman–Crippen MR) is 84.6 cm³/mol. The molecule has 0 spiro atoms. The van der Waals surface area contributed by atoms with Crippen LogP contribution in [-0.4, -0.2) is 86.8 Å². The van der Waals surface area contributed by atoms with E-state index in [0.717, 1.165) is 0 Å². The van der Waals surface area contributed by atoms with Crippen LogP contribution < -0.4 is 0 Å². The molecule has 36 heavy (non-hydrogen) atoms. The van der Waals surface area contributed by atoms with E-state index in [4.69, 9.17) is 20.4 Å². The van der Waals surface area contributed by atoms with Crippen molar-refractivity contribution < 1.29 is 95.9 Å². The van der Waals surface area contributed by atoms with Gasteiger partial charge in [-0.25, -0.2) is 9.59 Å². The summed E-state index contributed by atoms with van der Waals surface area (Å²) in [4.78, 5) is 19.3. The zero-order chi connectivity index (χ0) is 30.5. The molecule has 0 fully saturated rings. The molecule has 1 unspecified atom stereocenters. The van der Waals surface area contributed by atoms with Crippen molar-refractivity contribution in [3.05, 3.63) is 12.2 Å². The summed E-state index contributed by atoms with van der Waals surface area (Å²) in [6.45, 7) is 5.99. The summed E-state index contributed by atoms with van der Waals surface area (Å²) in [6.07, 6.45) is -8.25. The molecule has 0 aliphatic rings. The van der Waals surface area contributed by atoms with Crippen LogP contribution in [0.15, 0.2) is 12.2 Å². The second kappa shape index (κ2) is 11.7. The van der Waals surface area contributed by atoms with Crippen LogP contribution in [0.2, 0.25) is 0 Å². The second-order valence-electron chi connectivity index (χ2n) is 6.37. The molecule has 0 amide bonds. The van der Waals surface area contributed by atoms with Crippen LogP contribution in [0.5, 0.6) is 0 Å². The third kappa shape index (κ3) is 7.29. The first-order chi connectivity index (χ1) is 15.4. The van der Waals surface area contributed by atoms with Crippen molar-refractivity contribution in [2.45, 2.75) is 61.7 Å². The maximum atomic E-state index is 12.8. The lowest BCUT2D eigenvalue weighted by atomic mass is 9.91. The minimum Gasteiger partial charge on any atom is -0.478 e. The molecule has 4 N–H and O–H groups in total. The van der Waals surface area contributed by atoms with Crippen molar-refractivity contribution >= 4 is 11.9 Å². The number of halogens is 15. The molecule has 0 aromatic carbocycles. The van der Waals surface area contributed by atoms with Crippen molar-refractivity contribution in [3.63, 3.8) is 0 Å². The van der Waals surface area contributed by atoms with E-state index in [1.165, 1.54) is 13.8 Å². The maximum absolute atomic E-state index is 12.8. The number of rotatable bonds is 8. The number of aliphatic hydroxyl groups excluding tert-OH is 2. The fraction of sp³-hybridized carbons (Fsp3) is 0.733. The molecule has 0 radical (unpaired) electrons. The van der Waals surface area contributed by atoms with E-state index in [0.29, 0.717) is 0 Å². The molecule has 0 aromatic heterocycles. The first-order valence-electron chi connectivity index (χ1n) is 8.10. The normalized spacial score (nSPS) is 14.5. The number of carboxylic acid groups (broad SMARTS) is 2. The molecule has 6 nitrogen and oxygen atoms in total. The average Bonchev–Trinajstić information content (AvgIpc) is 2.66. The molecule has 0 saturated carbocycles. The third-order valence-electron chi connectivity index (χ3n) is 3.23. The van der Waals surface area contributed by atoms with Crippen molar-refractivity contribution in [1.29, 1.82) is 0 Å². The number of aliphatic hydroxyl groups is 2. The summed E-state index contributed by atoms with van der Waals surface area (Å²) in [5.74, 6) is -53.7. The third-order valence-corrected chi connectivity index (χ3v) is 3.23. The van der Waals surface area contributed by atoms with Gasteiger partial charge in [0.2, 0.25) is 0 Å². The number of carboxylic acids is 2. The number of carbonyl (C=O) groups is 2. The molecule has 0 aliphatic carbocycles. The van der Waals surface area contributed by atoms with Gasteiger partial charge in [-0.2, -0.15) is 65.9 Å². The van der Waals surface area contributed by atoms with Crippen molar-refractivity contribution in [3.8, 4) is 0 Å². The first kappa shape index (κ1) is 38.1. The lowest BCUT2D eigenvalue weighted by Crippen LogP contribution is -2.73. The Morgan fingerprint density at radius 2 is 0.917 bits per heavy atom. The average molecular weight is 576 g/mol. The second-order valence-corrected chi connectivity index (χ2v) is 6.37. The molecule has 0 saturated heterocycles. The largest absolute Gasteiger partial charge is 0.478 e. The highest BCUT2D eigenvalue weighted by molar-refractivity contribution is 5.84. The molecule has 216 valence electrons. The van der Waals surface area contributed by atoms with Crippen LogP contribution in [0.3, 0.4) is 0 Å². The van der Waals surface area contributed by atoms with E-state index < -0.39 is 59.8 Å². The zero-order valence-corrected chi connectivity index (χ0v) is 17.3. The fourth-order valence-corrected chi connectivity index (χ4v) is 1.10. The summed E-state index contributed by atoms with van der Waals surface area (Å²) in [5.41, 5.74) is 0.176. The van der Waals surface area contributed by atoms with Crippen LogP contribution >= 0.6 is 0 Å². The summed E-state index contributed by atoms with van der Waals surface area (Å²) >= 11 is 0. The van der Waals surface area contributed by atoms with Gasteiger partial charge in [-0.3, -0.25) is 0 Å². The summed E-state index contributed by atoms with van der Waals surface area (Å²) in [5, 5.41) is 31.5. The van der Waals surface area contributed by atoms with Crippen LogP contribution in [0, 0.1) is 0 Å². The van der Waals surface area contributed by atoms with E-state index in [2.05, 4.69) is 6.58 Å². The lowest BCUT2D eigenvalue weighted by molar-refractivity contribution is -0.450. The lowest BCUT2D eigenvalue weighted by Gasteiger charge is -2.40. The Morgan fingerprint density at radius 1 is 0.694 bits per heavy atom. The Morgan fingerprint density at radius 3 is 1.08 bits per heavy atom. The molecular formula is C15H15F15O6. The van der Waals surface area contributed by atoms with Gasteiger partial charge in [0.1, 0.15) is 0 Å². The van der Waals surface area contributed by atoms with Crippen LogP contribution in [0.4, 0.5) is 65.9 Å². The maximum Gasteiger partial charge on any atom is 0.460 e. The van der Waals surface area contributed by atoms with E-state index >= 15 is 0 Å². The van der Waals surface area contributed by atoms with Crippen molar-refractivity contribution in [2.75, 3.05) is 6.61 Å². The van der Waals surface area contributed by atoms with Gasteiger partial charge >= 0.3 is 53.7 Å². The van der Waals surface area contributed by atoms with Crippen LogP contribution in [-0.2, 0) is 9.59 Å². The van der Waals surface area contributed by atoms with Crippen molar-refractivity contribution in [2.24, 2.45) is 0 Å². The molecule has 0 aliphatic heterocycles. The molecule has 21 heteroatoms. The van der Waals surface area contributed by atoms with E-state index in [-0.39, 0.29) is 12.2 Å². The van der Waals surface area contributed by atoms with Crippen LogP contribution in [0.25, 0.3) is 0 Å². The van der Waals surface area contributed by atoms with Gasteiger partial charge in [-0.15, -0.1) is 0 Å². The van der Waals surface area contributed by atoms with Gasteiger partial charge in [0.05, 0.1) is 12.7 Å². The van der Waals surface area contributed by atoms with Gasteiger partial charge < -0.3 is 20.4 Å². The molecule has 0 heterocycles. The monoisotopic (exact) mass is 576 g/mol. The molecular weight excluding hydrogens is 561 g/mol. The van der Waals surface area contributed by atoms with E-state index in [1.54, 1.807) is 0 Å². The van der Waals surface area contributed by atoms with Crippen molar-refractivity contribution in [1.82, 2.24) is 0 Å². The highest BCUT2D eigenvalue weighted by Gasteiger charge is 2.94. The van der Waals surface area contributed by atoms with Gasteiger partial charge in [0.25, 0.3) is 0 Å². The minimum atomic E-state index is -8.47. The fourth-order valence-electron chi connectivity index (χ4n) is 1.10. The molecule has 0 aromatic rings. The quantitative estimate of drug-likeness (QED) is 0.251. The van der Waals surface area contributed by atoms with Gasteiger partial charge in [-0.1, -0.05) is 6.58 Å². The smallest absolute Gasteiger partial charge is 0.460 e. The van der Waals surface area contributed by atoms with Gasteiger partial charge in [0, 0.05) is 5.57 Å². The first-order valence-corrected chi connectivity index (χ1v) is 8.10. The topological polar surface area (TPSA) is 115 Å². The highest BCUT2D eigenvalue weighted by atomic mass is 19.4. The van der Waals surface area contributed by atoms with Crippen LogP contribution in [0.1, 0.15) is 13.8 Å². The number of hydrogen-bond donors (Lipinski definition) is 4. The number of hydrogen-bond acceptors (Lipinski definition) is 4. The highest BCUT2D eigenvalue weighted by Crippen LogP contribution is 2.62. The van der Waals surface area contributed by atoms with E-state index in [9.17, 15) is 75.4 Å². The molecule has 0 rings (SSSR count). The van der Waals surface area contributed by atoms with Gasteiger partial charge in [-0.05, 0) is 13.8 Å². The Kier molecular flexibility index (Phi) is 12.4. The number of alkyl halides is 15. The van der Waals surface area contributed by atoms with Gasteiger partial charge in [0.15, 0.2) is 0 Å². The Hall–Kier alpha value is -2.45. The summed E-state index contributed by atoms with van der Waals surface area (Å²) in [7, 11) is 0. The Balaban J connectivity index is -0.000000818. The predicted octanol–water partition coefficient (Wildman–Crippen LogP) is 4.45. The molecule has 1 atom stereocenters. The number of aliphatic carboxylic acids is 2.